The number of aromatic nitrogens is 1. The highest BCUT2D eigenvalue weighted by molar-refractivity contribution is 14.1. The van der Waals surface area contributed by atoms with Gasteiger partial charge in [-0.3, -0.25) is 4.79 Å². The maximum Gasteiger partial charge on any atom is 0.256 e. The highest BCUT2D eigenvalue weighted by atomic mass is 127. The molecule has 1 N–H and O–H groups in total. The molecule has 4 aromatic rings. The number of anilines is 1. The third-order valence-electron chi connectivity index (χ3n) is 4.11. The second-order valence-electron chi connectivity index (χ2n) is 6.15. The first-order valence-electron chi connectivity index (χ1n) is 8.23. The Labute approximate surface area is 178 Å². The van der Waals surface area contributed by atoms with Gasteiger partial charge in [-0.25, -0.2) is 4.98 Å². The summed E-state index contributed by atoms with van der Waals surface area (Å²) < 4.78 is 7.59. The summed E-state index contributed by atoms with van der Waals surface area (Å²) >= 11 is 5.56. The van der Waals surface area contributed by atoms with Crippen LogP contribution >= 0.6 is 38.5 Å². The van der Waals surface area contributed by atoms with Crippen LogP contribution in [0.2, 0.25) is 0 Å². The van der Waals surface area contributed by atoms with Gasteiger partial charge in [-0.2, -0.15) is 0 Å². The van der Waals surface area contributed by atoms with Gasteiger partial charge in [0.15, 0.2) is 5.58 Å². The van der Waals surface area contributed by atoms with Crippen molar-refractivity contribution in [3.05, 3.63) is 79.8 Å². The Hall–Kier alpha value is -2.19. The minimum absolute atomic E-state index is 0.147. The number of aryl methyl sites for hydroxylation is 1. The van der Waals surface area contributed by atoms with Gasteiger partial charge in [0.05, 0.1) is 5.56 Å². The lowest BCUT2D eigenvalue weighted by molar-refractivity contribution is 0.102. The van der Waals surface area contributed by atoms with E-state index in [9.17, 15) is 4.79 Å². The molecular formula is C21H14BrIN2O2. The molecule has 0 saturated carbocycles. The van der Waals surface area contributed by atoms with Crippen molar-refractivity contribution in [1.82, 2.24) is 4.98 Å². The molecule has 4 nitrogen and oxygen atoms in total. The van der Waals surface area contributed by atoms with Gasteiger partial charge in [0, 0.05) is 19.3 Å². The smallest absolute Gasteiger partial charge is 0.256 e. The molecule has 0 atom stereocenters. The van der Waals surface area contributed by atoms with Crippen molar-refractivity contribution in [1.29, 1.82) is 0 Å². The fourth-order valence-electron chi connectivity index (χ4n) is 2.73. The molecule has 3 aromatic carbocycles. The fraction of sp³-hybridized carbons (Fsp3) is 0.0476. The van der Waals surface area contributed by atoms with Crippen LogP contribution in [0.3, 0.4) is 0 Å². The number of carbonyl (C=O) groups is 1. The highest BCUT2D eigenvalue weighted by Gasteiger charge is 2.12. The Morgan fingerprint density at radius 3 is 2.63 bits per heavy atom. The van der Waals surface area contributed by atoms with Crippen LogP contribution in [0.25, 0.3) is 22.6 Å². The molecule has 6 heteroatoms. The Morgan fingerprint density at radius 1 is 1.07 bits per heavy atom. The second-order valence-corrected chi connectivity index (χ2v) is 8.22. The molecule has 0 aliphatic rings. The molecule has 1 heterocycles. The summed E-state index contributed by atoms with van der Waals surface area (Å²) in [5.74, 6) is 0.417. The van der Waals surface area contributed by atoms with E-state index >= 15 is 0 Å². The molecule has 0 aliphatic heterocycles. The lowest BCUT2D eigenvalue weighted by Gasteiger charge is -2.08. The minimum atomic E-state index is -0.147. The number of rotatable bonds is 3. The average molecular weight is 533 g/mol. The molecule has 0 spiro atoms. The summed E-state index contributed by atoms with van der Waals surface area (Å²) in [4.78, 5) is 17.1. The van der Waals surface area contributed by atoms with Crippen molar-refractivity contribution < 1.29 is 9.21 Å². The van der Waals surface area contributed by atoms with Crippen LogP contribution in [-0.4, -0.2) is 10.9 Å². The van der Waals surface area contributed by atoms with E-state index < -0.39 is 0 Å². The van der Waals surface area contributed by atoms with Gasteiger partial charge < -0.3 is 9.73 Å². The maximum atomic E-state index is 12.5. The van der Waals surface area contributed by atoms with Crippen molar-refractivity contribution in [2.24, 2.45) is 0 Å². The predicted octanol–water partition coefficient (Wildman–Crippen LogP) is 6.42. The molecule has 0 bridgehead atoms. The molecule has 0 fully saturated rings. The number of fused-ring (bicyclic) bond motifs is 1. The van der Waals surface area contributed by atoms with Gasteiger partial charge in [-0.15, -0.1) is 0 Å². The molecule has 134 valence electrons. The van der Waals surface area contributed by atoms with Crippen molar-refractivity contribution in [3.8, 4) is 11.5 Å². The molecule has 0 unspecified atom stereocenters. The summed E-state index contributed by atoms with van der Waals surface area (Å²) in [6.45, 7) is 2.03. The molecule has 27 heavy (non-hydrogen) atoms. The van der Waals surface area contributed by atoms with Gasteiger partial charge in [0.1, 0.15) is 5.52 Å². The first kappa shape index (κ1) is 18.2. The Kier molecular flexibility index (Phi) is 5.01. The molecule has 0 radical (unpaired) electrons. The van der Waals surface area contributed by atoms with Crippen LogP contribution in [0.15, 0.2) is 69.6 Å². The monoisotopic (exact) mass is 532 g/mol. The highest BCUT2D eigenvalue weighted by Crippen LogP contribution is 2.26. The number of hydrogen-bond acceptors (Lipinski definition) is 3. The topological polar surface area (TPSA) is 55.1 Å². The number of nitrogens with zero attached hydrogens (tertiary/aromatic N) is 1. The van der Waals surface area contributed by atoms with E-state index in [4.69, 9.17) is 4.42 Å². The fourth-order valence-corrected chi connectivity index (χ4v) is 3.67. The van der Waals surface area contributed by atoms with Crippen LogP contribution in [0.4, 0.5) is 5.69 Å². The zero-order valence-electron chi connectivity index (χ0n) is 14.3. The summed E-state index contributed by atoms with van der Waals surface area (Å²) in [6.07, 6.45) is 0. The number of carbonyl (C=O) groups excluding carboxylic acids is 1. The average Bonchev–Trinajstić information content (AvgIpc) is 3.07. The zero-order valence-corrected chi connectivity index (χ0v) is 18.0. The summed E-state index contributed by atoms with van der Waals surface area (Å²) in [6, 6.07) is 19.0. The van der Waals surface area contributed by atoms with Crippen molar-refractivity contribution in [2.45, 2.75) is 6.92 Å². The Balaban J connectivity index is 1.56. The molecule has 1 amide bonds. The number of oxazole rings is 1. The minimum Gasteiger partial charge on any atom is -0.436 e. The van der Waals surface area contributed by atoms with E-state index in [0.29, 0.717) is 17.1 Å². The standard InChI is InChI=1S/C21H14BrIN2O2/c1-12-2-9-19-18(10-12)25-21(27-19)13-3-6-15(7-4-13)24-20(26)16-11-14(22)5-8-17(16)23/h2-11H,1H3,(H,24,26). The Bertz CT molecular complexity index is 1150. The van der Waals surface area contributed by atoms with E-state index in [-0.39, 0.29) is 5.91 Å². The number of nitrogens with one attached hydrogen (secondary N) is 1. The zero-order chi connectivity index (χ0) is 19.0. The van der Waals surface area contributed by atoms with E-state index in [2.05, 4.69) is 48.8 Å². The summed E-state index contributed by atoms with van der Waals surface area (Å²) in [7, 11) is 0. The van der Waals surface area contributed by atoms with Crippen LogP contribution < -0.4 is 5.32 Å². The van der Waals surface area contributed by atoms with Crippen molar-refractivity contribution in [3.63, 3.8) is 0 Å². The van der Waals surface area contributed by atoms with E-state index in [1.165, 1.54) is 0 Å². The molecule has 0 saturated heterocycles. The molecule has 0 aliphatic carbocycles. The van der Waals surface area contributed by atoms with Crippen LogP contribution in [0.1, 0.15) is 15.9 Å². The van der Waals surface area contributed by atoms with Gasteiger partial charge in [-0.1, -0.05) is 22.0 Å². The molecule has 1 aromatic heterocycles. The molecule has 4 rings (SSSR count). The van der Waals surface area contributed by atoms with Crippen LogP contribution in [0.5, 0.6) is 0 Å². The lowest BCUT2D eigenvalue weighted by Crippen LogP contribution is -2.13. The first-order chi connectivity index (χ1) is 13.0. The quantitative estimate of drug-likeness (QED) is 0.310. The van der Waals surface area contributed by atoms with Crippen LogP contribution in [0, 0.1) is 10.5 Å². The van der Waals surface area contributed by atoms with Gasteiger partial charge in [-0.05, 0) is 89.7 Å². The van der Waals surface area contributed by atoms with Crippen molar-refractivity contribution in [2.75, 3.05) is 5.32 Å². The van der Waals surface area contributed by atoms with Gasteiger partial charge >= 0.3 is 0 Å². The number of hydrogen-bond donors (Lipinski definition) is 1. The summed E-state index contributed by atoms with van der Waals surface area (Å²) in [5.41, 5.74) is 4.94. The second kappa shape index (κ2) is 7.44. The van der Waals surface area contributed by atoms with Gasteiger partial charge in [0.2, 0.25) is 5.89 Å². The Morgan fingerprint density at radius 2 is 1.85 bits per heavy atom. The van der Waals surface area contributed by atoms with Gasteiger partial charge in [0.25, 0.3) is 5.91 Å². The predicted molar refractivity (Wildman–Crippen MR) is 119 cm³/mol. The van der Waals surface area contributed by atoms with Crippen molar-refractivity contribution >= 4 is 61.2 Å². The number of benzene rings is 3. The largest absolute Gasteiger partial charge is 0.436 e. The summed E-state index contributed by atoms with van der Waals surface area (Å²) in [5, 5.41) is 2.92. The first-order valence-corrected chi connectivity index (χ1v) is 10.1. The third-order valence-corrected chi connectivity index (χ3v) is 5.54. The van der Waals surface area contributed by atoms with Crippen LogP contribution in [-0.2, 0) is 0 Å². The third kappa shape index (κ3) is 3.91. The SMILES string of the molecule is Cc1ccc2oc(-c3ccc(NC(=O)c4cc(Br)ccc4I)cc3)nc2c1. The van der Waals surface area contributed by atoms with E-state index in [1.807, 2.05) is 67.6 Å². The number of halogens is 2. The maximum absolute atomic E-state index is 12.5. The van der Waals surface area contributed by atoms with E-state index in [0.717, 1.165) is 30.3 Å². The lowest BCUT2D eigenvalue weighted by atomic mass is 10.2. The number of amides is 1. The normalized spacial score (nSPS) is 10.9. The van der Waals surface area contributed by atoms with E-state index in [1.54, 1.807) is 0 Å². The molecular weight excluding hydrogens is 519 g/mol.